The molecule has 1 heterocycles. The molecule has 0 bridgehead atoms. The number of nitrogens with zero attached hydrogens (tertiary/aromatic N) is 1. The van der Waals surface area contributed by atoms with Gasteiger partial charge in [0.25, 0.3) is 0 Å². The van der Waals surface area contributed by atoms with Gasteiger partial charge >= 0.3 is 0 Å². The Labute approximate surface area is 71.4 Å². The number of amidine groups is 1. The van der Waals surface area contributed by atoms with Gasteiger partial charge in [-0.25, -0.2) is 0 Å². The number of hydrogen-bond donors (Lipinski definition) is 3. The van der Waals surface area contributed by atoms with Crippen molar-refractivity contribution in [1.82, 2.24) is 16.3 Å². The molecule has 0 unspecified atom stereocenters. The van der Waals surface area contributed by atoms with Crippen molar-refractivity contribution in [3.05, 3.63) is 0 Å². The average Bonchev–Trinajstić information content (AvgIpc) is 2.05. The van der Waals surface area contributed by atoms with Gasteiger partial charge in [0.05, 0.1) is 0 Å². The van der Waals surface area contributed by atoms with Gasteiger partial charge in [-0.1, -0.05) is 13.8 Å². The molecule has 1 aliphatic heterocycles. The third-order valence-electron chi connectivity index (χ3n) is 1.66. The van der Waals surface area contributed by atoms with E-state index in [1.807, 2.05) is 0 Å². The molecule has 4 nitrogen and oxygen atoms in total. The van der Waals surface area contributed by atoms with Crippen molar-refractivity contribution in [2.45, 2.75) is 20.3 Å². The molecule has 0 aliphatic carbocycles. The van der Waals surface area contributed by atoms with E-state index in [9.17, 15) is 0 Å². The van der Waals surface area contributed by atoms with Crippen molar-refractivity contribution >= 4 is 23.2 Å². The van der Waals surface area contributed by atoms with Crippen LogP contribution < -0.4 is 16.3 Å². The van der Waals surface area contributed by atoms with Crippen LogP contribution in [0.25, 0.3) is 0 Å². The summed E-state index contributed by atoms with van der Waals surface area (Å²) in [5, 5.41) is 4.54. The van der Waals surface area contributed by atoms with Gasteiger partial charge in [-0.3, -0.25) is 16.3 Å². The average molecular weight is 172 g/mol. The summed E-state index contributed by atoms with van der Waals surface area (Å²) in [6, 6.07) is 0. The van der Waals surface area contributed by atoms with Crippen LogP contribution in [-0.2, 0) is 0 Å². The van der Waals surface area contributed by atoms with Crippen molar-refractivity contribution in [2.24, 2.45) is 11.0 Å². The van der Waals surface area contributed by atoms with Gasteiger partial charge < -0.3 is 0 Å². The minimum Gasteiger partial charge on any atom is -0.284 e. The van der Waals surface area contributed by atoms with Gasteiger partial charge in [0.2, 0.25) is 5.11 Å². The molecule has 0 amide bonds. The Hall–Kier alpha value is -0.840. The van der Waals surface area contributed by atoms with Gasteiger partial charge in [0.15, 0.2) is 0 Å². The highest BCUT2D eigenvalue weighted by atomic mass is 32.1. The topological polar surface area (TPSA) is 48.5 Å². The molecule has 0 fully saturated rings. The zero-order valence-corrected chi connectivity index (χ0v) is 7.46. The highest BCUT2D eigenvalue weighted by Gasteiger charge is 2.11. The summed E-state index contributed by atoms with van der Waals surface area (Å²) in [6.07, 6.45) is 1.06. The third kappa shape index (κ3) is 2.04. The number of hydrazone groups is 1. The molecular weight excluding hydrogens is 160 g/mol. The number of hydrogen-bond acceptors (Lipinski definition) is 3. The Morgan fingerprint density at radius 1 is 1.55 bits per heavy atom. The highest BCUT2D eigenvalue weighted by Crippen LogP contribution is 2.01. The maximum atomic E-state index is 4.79. The van der Waals surface area contributed by atoms with E-state index in [2.05, 4.69) is 35.2 Å². The van der Waals surface area contributed by atoms with E-state index in [0.717, 1.165) is 12.3 Å². The van der Waals surface area contributed by atoms with Gasteiger partial charge in [-0.05, 0) is 18.6 Å². The van der Waals surface area contributed by atoms with Crippen molar-refractivity contribution in [3.63, 3.8) is 0 Å². The predicted molar refractivity (Wildman–Crippen MR) is 48.9 cm³/mol. The van der Waals surface area contributed by atoms with Gasteiger partial charge in [-0.2, -0.15) is 5.10 Å². The lowest BCUT2D eigenvalue weighted by Gasteiger charge is -2.21. The molecule has 0 spiro atoms. The predicted octanol–water partition coefficient (Wildman–Crippen LogP) is 0.328. The van der Waals surface area contributed by atoms with Crippen LogP contribution >= 0.6 is 12.2 Å². The normalized spacial score (nSPS) is 19.1. The first kappa shape index (κ1) is 8.26. The smallest absolute Gasteiger partial charge is 0.205 e. The monoisotopic (exact) mass is 172 g/mol. The third-order valence-corrected chi connectivity index (χ3v) is 1.85. The van der Waals surface area contributed by atoms with Crippen LogP contribution in [0.3, 0.4) is 0 Å². The second-order valence-corrected chi connectivity index (χ2v) is 2.91. The molecule has 0 saturated carbocycles. The first-order chi connectivity index (χ1) is 5.24. The first-order valence-electron chi connectivity index (χ1n) is 3.63. The lowest BCUT2D eigenvalue weighted by atomic mass is 10.1. The second kappa shape index (κ2) is 3.52. The molecule has 0 aromatic rings. The molecule has 0 aromatic carbocycles. The number of thiocarbonyl (C=S) groups is 1. The Bertz CT molecular complexity index is 189. The summed E-state index contributed by atoms with van der Waals surface area (Å²) in [5.74, 6) is 1.33. The van der Waals surface area contributed by atoms with E-state index < -0.39 is 0 Å². The second-order valence-electron chi connectivity index (χ2n) is 2.50. The highest BCUT2D eigenvalue weighted by molar-refractivity contribution is 7.80. The Kier molecular flexibility index (Phi) is 2.64. The maximum Gasteiger partial charge on any atom is 0.205 e. The van der Waals surface area contributed by atoms with E-state index in [0.29, 0.717) is 11.0 Å². The fraction of sp³-hybridized carbons (Fsp3) is 0.667. The van der Waals surface area contributed by atoms with E-state index in [1.165, 1.54) is 0 Å². The van der Waals surface area contributed by atoms with Crippen molar-refractivity contribution in [3.8, 4) is 0 Å². The standard InChI is InChI=1S/C6H12N4S/c1-3-4(2)5-7-9-6(11)10-8-5/h4H,3H2,1-2H3,(H,7,8)(H2,9,10,11)/t4-/m1/s1. The van der Waals surface area contributed by atoms with Crippen molar-refractivity contribution in [1.29, 1.82) is 0 Å². The van der Waals surface area contributed by atoms with Crippen LogP contribution in [0.4, 0.5) is 0 Å². The molecule has 3 N–H and O–H groups in total. The van der Waals surface area contributed by atoms with E-state index in [1.54, 1.807) is 0 Å². The largest absolute Gasteiger partial charge is 0.284 e. The van der Waals surface area contributed by atoms with Crippen LogP contribution in [0.15, 0.2) is 5.10 Å². The SMILES string of the molecule is CC[C@@H](C)C1=NNC(=S)NN1. The van der Waals surface area contributed by atoms with Gasteiger partial charge in [0.1, 0.15) is 5.84 Å². The molecule has 11 heavy (non-hydrogen) atoms. The van der Waals surface area contributed by atoms with Crippen LogP contribution in [0.1, 0.15) is 20.3 Å². The van der Waals surface area contributed by atoms with Crippen LogP contribution in [-0.4, -0.2) is 10.9 Å². The van der Waals surface area contributed by atoms with Crippen molar-refractivity contribution < 1.29 is 0 Å². The minimum absolute atomic E-state index is 0.429. The Balaban J connectivity index is 2.53. The van der Waals surface area contributed by atoms with E-state index >= 15 is 0 Å². The lowest BCUT2D eigenvalue weighted by molar-refractivity contribution is 0.652. The fourth-order valence-corrected chi connectivity index (χ4v) is 0.811. The summed E-state index contributed by atoms with van der Waals surface area (Å²) >= 11 is 4.79. The number of rotatable bonds is 2. The quantitative estimate of drug-likeness (QED) is 0.525. The maximum absolute atomic E-state index is 4.79. The van der Waals surface area contributed by atoms with Crippen molar-refractivity contribution in [2.75, 3.05) is 0 Å². The summed E-state index contributed by atoms with van der Waals surface area (Å²) in [4.78, 5) is 0. The zero-order valence-electron chi connectivity index (χ0n) is 6.64. The molecule has 5 heteroatoms. The number of nitrogens with one attached hydrogen (secondary N) is 3. The molecule has 1 atom stereocenters. The molecule has 1 aliphatic rings. The van der Waals surface area contributed by atoms with Crippen LogP contribution in [0.2, 0.25) is 0 Å². The molecule has 0 radical (unpaired) electrons. The molecule has 1 rings (SSSR count). The summed E-state index contributed by atoms with van der Waals surface area (Å²) < 4.78 is 0. The first-order valence-corrected chi connectivity index (χ1v) is 4.04. The van der Waals surface area contributed by atoms with Crippen LogP contribution in [0.5, 0.6) is 0 Å². The molecule has 0 aromatic heterocycles. The van der Waals surface area contributed by atoms with E-state index in [-0.39, 0.29) is 0 Å². The molecule has 62 valence electrons. The molecule has 0 saturated heterocycles. The molecular formula is C6H12N4S. The Morgan fingerprint density at radius 2 is 2.27 bits per heavy atom. The summed E-state index contributed by atoms with van der Waals surface area (Å²) in [7, 11) is 0. The number of hydrazine groups is 1. The van der Waals surface area contributed by atoms with Crippen LogP contribution in [0, 0.1) is 5.92 Å². The summed E-state index contributed by atoms with van der Waals surface area (Å²) in [5.41, 5.74) is 8.40. The fourth-order valence-electron chi connectivity index (χ4n) is 0.714. The summed E-state index contributed by atoms with van der Waals surface area (Å²) in [6.45, 7) is 4.21. The minimum atomic E-state index is 0.429. The van der Waals surface area contributed by atoms with Gasteiger partial charge in [0, 0.05) is 5.92 Å². The van der Waals surface area contributed by atoms with E-state index in [4.69, 9.17) is 12.2 Å². The zero-order chi connectivity index (χ0) is 8.27. The Morgan fingerprint density at radius 3 is 2.73 bits per heavy atom. The lowest BCUT2D eigenvalue weighted by Crippen LogP contribution is -2.52. The van der Waals surface area contributed by atoms with Gasteiger partial charge in [-0.15, -0.1) is 0 Å².